The second-order valence-electron chi connectivity index (χ2n) is 7.78. The lowest BCUT2D eigenvalue weighted by Crippen LogP contribution is -2.53. The maximum Gasteiger partial charge on any atom is 0.0935 e. The van der Waals surface area contributed by atoms with Gasteiger partial charge in [-0.2, -0.15) is 0 Å². The van der Waals surface area contributed by atoms with Crippen molar-refractivity contribution in [2.75, 3.05) is 0 Å². The van der Waals surface area contributed by atoms with Crippen LogP contribution in [0.4, 0.5) is 0 Å². The van der Waals surface area contributed by atoms with Gasteiger partial charge in [-0.15, -0.1) is 0 Å². The minimum absolute atomic E-state index is 0.0358. The number of aliphatic hydroxyl groups excluding tert-OH is 1. The summed E-state index contributed by atoms with van der Waals surface area (Å²) >= 11 is 0. The van der Waals surface area contributed by atoms with E-state index in [-0.39, 0.29) is 5.92 Å². The van der Waals surface area contributed by atoms with Crippen molar-refractivity contribution in [3.05, 3.63) is 0 Å². The van der Waals surface area contributed by atoms with E-state index in [1.54, 1.807) is 20.8 Å². The van der Waals surface area contributed by atoms with Crippen LogP contribution >= 0.6 is 0 Å². The molecule has 4 nitrogen and oxygen atoms in total. The van der Waals surface area contributed by atoms with Gasteiger partial charge >= 0.3 is 0 Å². The van der Waals surface area contributed by atoms with Crippen molar-refractivity contribution in [3.63, 3.8) is 0 Å². The van der Waals surface area contributed by atoms with E-state index in [0.717, 1.165) is 6.42 Å². The number of hydrogen-bond donors (Lipinski definition) is 4. The highest BCUT2D eigenvalue weighted by atomic mass is 16.4. The molecular formula is C15H28O4. The van der Waals surface area contributed by atoms with Crippen LogP contribution in [0.3, 0.4) is 0 Å². The third kappa shape index (κ3) is 2.23. The highest BCUT2D eigenvalue weighted by Gasteiger charge is 2.60. The molecule has 0 bridgehead atoms. The van der Waals surface area contributed by atoms with Crippen molar-refractivity contribution >= 4 is 0 Å². The average Bonchev–Trinajstić information content (AvgIpc) is 2.47. The second-order valence-corrected chi connectivity index (χ2v) is 7.78. The quantitative estimate of drug-likeness (QED) is 0.578. The van der Waals surface area contributed by atoms with Crippen molar-refractivity contribution in [3.8, 4) is 0 Å². The molecule has 2 rings (SSSR count). The van der Waals surface area contributed by atoms with Gasteiger partial charge in [0.2, 0.25) is 0 Å². The van der Waals surface area contributed by atoms with Crippen molar-refractivity contribution in [2.24, 2.45) is 11.3 Å². The topological polar surface area (TPSA) is 80.9 Å². The van der Waals surface area contributed by atoms with Gasteiger partial charge in [0.1, 0.15) is 0 Å². The van der Waals surface area contributed by atoms with Crippen molar-refractivity contribution in [1.29, 1.82) is 0 Å². The molecule has 112 valence electrons. The Labute approximate surface area is 115 Å². The fraction of sp³-hybridized carbons (Fsp3) is 1.00. The van der Waals surface area contributed by atoms with E-state index < -0.39 is 28.3 Å². The predicted octanol–water partition coefficient (Wildman–Crippen LogP) is 1.20. The molecule has 0 aromatic rings. The maximum atomic E-state index is 10.9. The monoisotopic (exact) mass is 272 g/mol. The zero-order chi connectivity index (χ0) is 14.7. The molecule has 4 N–H and O–H groups in total. The Bertz CT molecular complexity index is 360. The molecule has 0 spiro atoms. The van der Waals surface area contributed by atoms with Gasteiger partial charge in [-0.3, -0.25) is 0 Å². The standard InChI is InChI=1S/C15H28O4/c1-12(2,17)15(19)8-7-14(4,18)10-5-6-11(16)13(10,3)9-15/h10-11,16-19H,5-9H2,1-4H3/t10-,11-,13+,14-,15?/m1/s1. The molecule has 0 aromatic heterocycles. The summed E-state index contributed by atoms with van der Waals surface area (Å²) in [4.78, 5) is 0. The molecule has 0 radical (unpaired) electrons. The Morgan fingerprint density at radius 1 is 1.05 bits per heavy atom. The summed E-state index contributed by atoms with van der Waals surface area (Å²) < 4.78 is 0. The largest absolute Gasteiger partial charge is 0.393 e. The third-order valence-corrected chi connectivity index (χ3v) is 5.89. The van der Waals surface area contributed by atoms with Crippen LogP contribution in [0.2, 0.25) is 0 Å². The first-order chi connectivity index (χ1) is 8.42. The van der Waals surface area contributed by atoms with Gasteiger partial charge in [0.25, 0.3) is 0 Å². The van der Waals surface area contributed by atoms with E-state index in [1.165, 1.54) is 0 Å². The summed E-state index contributed by atoms with van der Waals surface area (Å²) in [6.45, 7) is 6.94. The first kappa shape index (κ1) is 15.2. The van der Waals surface area contributed by atoms with Gasteiger partial charge < -0.3 is 20.4 Å². The molecule has 1 unspecified atom stereocenters. The number of hydrogen-bond acceptors (Lipinski definition) is 4. The summed E-state index contributed by atoms with van der Waals surface area (Å²) in [6, 6.07) is 0. The van der Waals surface area contributed by atoms with Crippen molar-refractivity contribution < 1.29 is 20.4 Å². The van der Waals surface area contributed by atoms with E-state index in [2.05, 4.69) is 0 Å². The summed E-state index contributed by atoms with van der Waals surface area (Å²) in [5.74, 6) is -0.0358. The molecule has 2 saturated carbocycles. The van der Waals surface area contributed by atoms with E-state index in [1.807, 2.05) is 6.92 Å². The Morgan fingerprint density at radius 2 is 1.63 bits per heavy atom. The van der Waals surface area contributed by atoms with Gasteiger partial charge in [0.05, 0.1) is 22.9 Å². The molecule has 0 aliphatic heterocycles. The van der Waals surface area contributed by atoms with Crippen LogP contribution in [-0.2, 0) is 0 Å². The summed E-state index contributed by atoms with van der Waals surface area (Å²) in [5, 5.41) is 42.2. The molecule has 0 heterocycles. The van der Waals surface area contributed by atoms with Gasteiger partial charge in [-0.25, -0.2) is 0 Å². The first-order valence-electron chi connectivity index (χ1n) is 7.28. The van der Waals surface area contributed by atoms with E-state index in [9.17, 15) is 20.4 Å². The van der Waals surface area contributed by atoms with Gasteiger partial charge in [0.15, 0.2) is 0 Å². The zero-order valence-electron chi connectivity index (χ0n) is 12.5. The Balaban J connectivity index is 2.44. The minimum atomic E-state index is -1.27. The van der Waals surface area contributed by atoms with Crippen LogP contribution in [0.25, 0.3) is 0 Å². The summed E-state index contributed by atoms with van der Waals surface area (Å²) in [7, 11) is 0. The molecule has 0 amide bonds. The van der Waals surface area contributed by atoms with Crippen LogP contribution in [0.15, 0.2) is 0 Å². The molecule has 0 saturated heterocycles. The lowest BCUT2D eigenvalue weighted by atomic mass is 9.66. The SMILES string of the molecule is CC(C)(O)C1(O)CC[C@@](C)(O)[C@@H]2CC[C@@H](O)[C@@]2(C)C1. The Morgan fingerprint density at radius 3 is 2.16 bits per heavy atom. The fourth-order valence-corrected chi connectivity index (χ4v) is 4.35. The van der Waals surface area contributed by atoms with E-state index >= 15 is 0 Å². The minimum Gasteiger partial charge on any atom is -0.393 e. The molecule has 5 atom stereocenters. The van der Waals surface area contributed by atoms with Crippen molar-refractivity contribution in [1.82, 2.24) is 0 Å². The fourth-order valence-electron chi connectivity index (χ4n) is 4.35. The normalized spacial score (nSPS) is 51.8. The highest BCUT2D eigenvalue weighted by molar-refractivity contribution is 5.11. The van der Waals surface area contributed by atoms with E-state index in [4.69, 9.17) is 0 Å². The van der Waals surface area contributed by atoms with Crippen LogP contribution in [0, 0.1) is 11.3 Å². The highest BCUT2D eigenvalue weighted by Crippen LogP contribution is 2.57. The smallest absolute Gasteiger partial charge is 0.0935 e. The average molecular weight is 272 g/mol. The van der Waals surface area contributed by atoms with Gasteiger partial charge in [0, 0.05) is 5.41 Å². The van der Waals surface area contributed by atoms with Gasteiger partial charge in [-0.1, -0.05) is 6.92 Å². The number of rotatable bonds is 1. The summed E-state index contributed by atoms with van der Waals surface area (Å²) in [5.41, 5.74) is -3.97. The first-order valence-corrected chi connectivity index (χ1v) is 7.28. The van der Waals surface area contributed by atoms with Gasteiger partial charge in [-0.05, 0) is 58.8 Å². The summed E-state index contributed by atoms with van der Waals surface area (Å²) in [6.07, 6.45) is 2.01. The number of aliphatic hydroxyl groups is 4. The maximum absolute atomic E-state index is 10.9. The molecular weight excluding hydrogens is 244 g/mol. The second kappa shape index (κ2) is 4.17. The lowest BCUT2D eigenvalue weighted by molar-refractivity contribution is -0.161. The van der Waals surface area contributed by atoms with Crippen LogP contribution in [0.1, 0.15) is 59.8 Å². The predicted molar refractivity (Wildman–Crippen MR) is 72.6 cm³/mol. The lowest BCUT2D eigenvalue weighted by Gasteiger charge is -2.45. The number of fused-ring (bicyclic) bond motifs is 1. The van der Waals surface area contributed by atoms with E-state index in [0.29, 0.717) is 25.7 Å². The van der Waals surface area contributed by atoms with Crippen LogP contribution in [0.5, 0.6) is 0 Å². The zero-order valence-corrected chi connectivity index (χ0v) is 12.5. The Kier molecular flexibility index (Phi) is 3.34. The molecule has 2 aliphatic rings. The Hall–Kier alpha value is -0.160. The molecule has 0 aromatic carbocycles. The third-order valence-electron chi connectivity index (χ3n) is 5.89. The molecule has 19 heavy (non-hydrogen) atoms. The van der Waals surface area contributed by atoms with Crippen LogP contribution in [-0.4, -0.2) is 43.3 Å². The molecule has 2 fully saturated rings. The van der Waals surface area contributed by atoms with Crippen molar-refractivity contribution in [2.45, 2.75) is 82.7 Å². The molecule has 2 aliphatic carbocycles. The molecule has 4 heteroatoms. The van der Waals surface area contributed by atoms with Crippen LogP contribution < -0.4 is 0 Å².